The molecule has 0 amide bonds. The molecular formula is C13H13BrFNS. The van der Waals surface area contributed by atoms with Gasteiger partial charge in [-0.3, -0.25) is 0 Å². The van der Waals surface area contributed by atoms with Gasteiger partial charge in [0.2, 0.25) is 0 Å². The lowest BCUT2D eigenvalue weighted by molar-refractivity contribution is 0.609. The Bertz CT molecular complexity index is 524. The minimum absolute atomic E-state index is 0.0278. The minimum atomic E-state index is -0.225. The third-order valence-electron chi connectivity index (χ3n) is 2.75. The Kier molecular flexibility index (Phi) is 3.97. The Morgan fingerprint density at radius 3 is 2.71 bits per heavy atom. The van der Waals surface area contributed by atoms with Gasteiger partial charge in [-0.25, -0.2) is 4.39 Å². The molecule has 0 saturated carbocycles. The maximum absolute atomic E-state index is 13.5. The molecule has 0 saturated heterocycles. The van der Waals surface area contributed by atoms with E-state index < -0.39 is 0 Å². The van der Waals surface area contributed by atoms with Gasteiger partial charge in [-0.2, -0.15) is 0 Å². The average Bonchev–Trinajstić information content (AvgIpc) is 2.72. The molecule has 1 aromatic heterocycles. The lowest BCUT2D eigenvalue weighted by Crippen LogP contribution is -2.18. The van der Waals surface area contributed by atoms with E-state index in [1.807, 2.05) is 13.1 Å². The molecule has 0 aliphatic carbocycles. The van der Waals surface area contributed by atoms with Crippen molar-refractivity contribution in [1.29, 1.82) is 0 Å². The van der Waals surface area contributed by atoms with Crippen LogP contribution < -0.4 is 5.32 Å². The van der Waals surface area contributed by atoms with Crippen molar-refractivity contribution in [2.75, 3.05) is 7.05 Å². The molecule has 0 spiro atoms. The van der Waals surface area contributed by atoms with Crippen molar-refractivity contribution in [2.45, 2.75) is 13.0 Å². The SMILES string of the molecule is CNC(c1cccc(F)c1Br)c1sccc1C. The molecule has 2 rings (SSSR count). The van der Waals surface area contributed by atoms with E-state index in [0.717, 1.165) is 5.56 Å². The van der Waals surface area contributed by atoms with E-state index in [2.05, 4.69) is 39.6 Å². The van der Waals surface area contributed by atoms with Crippen LogP contribution in [0.5, 0.6) is 0 Å². The molecule has 1 unspecified atom stereocenters. The second-order valence-corrected chi connectivity index (χ2v) is 5.57. The molecular weight excluding hydrogens is 301 g/mol. The molecule has 0 fully saturated rings. The Labute approximate surface area is 113 Å². The second-order valence-electron chi connectivity index (χ2n) is 3.83. The van der Waals surface area contributed by atoms with Gasteiger partial charge in [0, 0.05) is 4.88 Å². The van der Waals surface area contributed by atoms with Gasteiger partial charge < -0.3 is 5.32 Å². The zero-order valence-electron chi connectivity index (χ0n) is 9.63. The highest BCUT2D eigenvalue weighted by atomic mass is 79.9. The summed E-state index contributed by atoms with van der Waals surface area (Å²) in [6, 6.07) is 7.25. The summed E-state index contributed by atoms with van der Waals surface area (Å²) in [6.45, 7) is 2.07. The van der Waals surface area contributed by atoms with Crippen LogP contribution >= 0.6 is 27.3 Å². The highest BCUT2D eigenvalue weighted by Crippen LogP contribution is 2.34. The molecule has 1 nitrogen and oxygen atoms in total. The minimum Gasteiger partial charge on any atom is -0.309 e. The van der Waals surface area contributed by atoms with Crippen LogP contribution in [-0.2, 0) is 0 Å². The molecule has 90 valence electrons. The van der Waals surface area contributed by atoms with E-state index in [1.54, 1.807) is 17.4 Å². The first-order valence-corrected chi connectivity index (χ1v) is 6.97. The van der Waals surface area contributed by atoms with Gasteiger partial charge in [0.1, 0.15) is 5.82 Å². The quantitative estimate of drug-likeness (QED) is 0.892. The molecule has 1 atom stereocenters. The van der Waals surface area contributed by atoms with Gasteiger partial charge in [-0.15, -0.1) is 11.3 Å². The Morgan fingerprint density at radius 1 is 1.35 bits per heavy atom. The largest absolute Gasteiger partial charge is 0.309 e. The van der Waals surface area contributed by atoms with Crippen LogP contribution in [0.1, 0.15) is 22.0 Å². The number of nitrogens with one attached hydrogen (secondary N) is 1. The van der Waals surface area contributed by atoms with Gasteiger partial charge >= 0.3 is 0 Å². The summed E-state index contributed by atoms with van der Waals surface area (Å²) < 4.78 is 14.1. The molecule has 1 heterocycles. The lowest BCUT2D eigenvalue weighted by atomic mass is 10.0. The van der Waals surface area contributed by atoms with Crippen molar-refractivity contribution in [1.82, 2.24) is 5.32 Å². The van der Waals surface area contributed by atoms with Crippen molar-refractivity contribution in [3.8, 4) is 0 Å². The summed E-state index contributed by atoms with van der Waals surface area (Å²) in [5.74, 6) is -0.225. The summed E-state index contributed by atoms with van der Waals surface area (Å²) in [5.41, 5.74) is 2.16. The molecule has 0 aliphatic heterocycles. The van der Waals surface area contributed by atoms with E-state index in [-0.39, 0.29) is 11.9 Å². The highest BCUT2D eigenvalue weighted by Gasteiger charge is 2.19. The van der Waals surface area contributed by atoms with E-state index in [4.69, 9.17) is 0 Å². The van der Waals surface area contributed by atoms with Gasteiger partial charge in [-0.1, -0.05) is 12.1 Å². The third-order valence-corrected chi connectivity index (χ3v) is 4.67. The highest BCUT2D eigenvalue weighted by molar-refractivity contribution is 9.10. The zero-order valence-corrected chi connectivity index (χ0v) is 12.0. The number of benzene rings is 1. The third kappa shape index (κ3) is 2.44. The van der Waals surface area contributed by atoms with E-state index in [1.165, 1.54) is 16.5 Å². The van der Waals surface area contributed by atoms with E-state index >= 15 is 0 Å². The number of thiophene rings is 1. The topological polar surface area (TPSA) is 12.0 Å². The molecule has 2 aromatic rings. The number of rotatable bonds is 3. The lowest BCUT2D eigenvalue weighted by Gasteiger charge is -2.18. The standard InChI is InChI=1S/C13H13BrFNS/c1-8-6-7-17-13(8)12(16-2)9-4-3-5-10(15)11(9)14/h3-7,12,16H,1-2H3. The van der Waals surface area contributed by atoms with Crippen LogP contribution in [-0.4, -0.2) is 7.05 Å². The summed E-state index contributed by atoms with van der Waals surface area (Å²) in [4.78, 5) is 1.22. The molecule has 0 radical (unpaired) electrons. The number of hydrogen-bond donors (Lipinski definition) is 1. The maximum atomic E-state index is 13.5. The summed E-state index contributed by atoms with van der Waals surface area (Å²) in [6.07, 6.45) is 0. The predicted octanol–water partition coefficient (Wildman–Crippen LogP) is 4.27. The maximum Gasteiger partial charge on any atom is 0.137 e. The number of hydrogen-bond acceptors (Lipinski definition) is 2. The molecule has 0 aliphatic rings. The van der Waals surface area contributed by atoms with Crippen LogP contribution in [0.15, 0.2) is 34.1 Å². The molecule has 0 bridgehead atoms. The van der Waals surface area contributed by atoms with Crippen LogP contribution in [0, 0.1) is 12.7 Å². The summed E-state index contributed by atoms with van der Waals surface area (Å²) in [7, 11) is 1.89. The van der Waals surface area contributed by atoms with Crippen LogP contribution in [0.2, 0.25) is 0 Å². The van der Waals surface area contributed by atoms with Gasteiger partial charge in [0.05, 0.1) is 10.5 Å². The summed E-state index contributed by atoms with van der Waals surface area (Å²) in [5, 5.41) is 5.30. The first-order chi connectivity index (χ1) is 8.15. The zero-order chi connectivity index (χ0) is 12.4. The number of aryl methyl sites for hydroxylation is 1. The first kappa shape index (κ1) is 12.7. The van der Waals surface area contributed by atoms with Crippen LogP contribution in [0.25, 0.3) is 0 Å². The number of halogens is 2. The molecule has 1 N–H and O–H groups in total. The van der Waals surface area contributed by atoms with Crippen molar-refractivity contribution >= 4 is 27.3 Å². The van der Waals surface area contributed by atoms with Crippen molar-refractivity contribution in [2.24, 2.45) is 0 Å². The fourth-order valence-electron chi connectivity index (χ4n) is 1.85. The molecule has 17 heavy (non-hydrogen) atoms. The van der Waals surface area contributed by atoms with Crippen LogP contribution in [0.4, 0.5) is 4.39 Å². The fraction of sp³-hybridized carbons (Fsp3) is 0.231. The Morgan fingerprint density at radius 2 is 2.12 bits per heavy atom. The predicted molar refractivity (Wildman–Crippen MR) is 74.1 cm³/mol. The Balaban J connectivity index is 2.50. The summed E-state index contributed by atoms with van der Waals surface area (Å²) >= 11 is 5.01. The van der Waals surface area contributed by atoms with E-state index in [9.17, 15) is 4.39 Å². The normalized spacial score (nSPS) is 12.7. The van der Waals surface area contributed by atoms with Gasteiger partial charge in [0.25, 0.3) is 0 Å². The van der Waals surface area contributed by atoms with Crippen molar-refractivity contribution in [3.63, 3.8) is 0 Å². The van der Waals surface area contributed by atoms with Gasteiger partial charge in [0.15, 0.2) is 0 Å². The average molecular weight is 314 g/mol. The second kappa shape index (κ2) is 5.29. The first-order valence-electron chi connectivity index (χ1n) is 5.30. The van der Waals surface area contributed by atoms with Crippen molar-refractivity contribution < 1.29 is 4.39 Å². The van der Waals surface area contributed by atoms with Crippen LogP contribution in [0.3, 0.4) is 0 Å². The van der Waals surface area contributed by atoms with Crippen molar-refractivity contribution in [3.05, 3.63) is 55.9 Å². The molecule has 1 aromatic carbocycles. The fourth-order valence-corrected chi connectivity index (χ4v) is 3.40. The smallest absolute Gasteiger partial charge is 0.137 e. The van der Waals surface area contributed by atoms with Gasteiger partial charge in [-0.05, 0) is 58.5 Å². The van der Waals surface area contributed by atoms with E-state index in [0.29, 0.717) is 4.47 Å². The molecule has 4 heteroatoms. The Hall–Kier alpha value is -0.710. The monoisotopic (exact) mass is 313 g/mol.